The summed E-state index contributed by atoms with van der Waals surface area (Å²) < 4.78 is 5.22. The smallest absolute Gasteiger partial charge is 0.258 e. The first-order chi connectivity index (χ1) is 13.5. The van der Waals surface area contributed by atoms with E-state index in [4.69, 9.17) is 10.5 Å². The molecule has 0 unspecified atom stereocenters. The standard InChI is InChI=1S/C20H24N6O2.2ClH/c1-26(10-17-22-15-6-4-3-5-14(15)20(27)25-17)19-9-16(12-7-13(21)8-12)23-18(24-19)11-28-2;;/h3-6,9,12-13H,7-8,10-11,21H2,1-2H3,(H,22,25,27);2*1H. The van der Waals surface area contributed by atoms with Crippen molar-refractivity contribution in [1.29, 1.82) is 0 Å². The molecule has 8 nitrogen and oxygen atoms in total. The summed E-state index contributed by atoms with van der Waals surface area (Å²) in [6.07, 6.45) is 1.87. The van der Waals surface area contributed by atoms with Gasteiger partial charge in [0.1, 0.15) is 18.2 Å². The first kappa shape index (κ1) is 24.0. The van der Waals surface area contributed by atoms with Crippen LogP contribution in [0.4, 0.5) is 5.82 Å². The molecule has 1 aliphatic rings. The predicted octanol–water partition coefficient (Wildman–Crippen LogP) is 2.54. The van der Waals surface area contributed by atoms with Gasteiger partial charge in [0.05, 0.1) is 17.4 Å². The van der Waals surface area contributed by atoms with Crippen LogP contribution in [0.1, 0.15) is 36.1 Å². The summed E-state index contributed by atoms with van der Waals surface area (Å²) in [6.45, 7) is 0.769. The highest BCUT2D eigenvalue weighted by Crippen LogP contribution is 2.35. The van der Waals surface area contributed by atoms with Crippen molar-refractivity contribution >= 4 is 41.5 Å². The van der Waals surface area contributed by atoms with E-state index in [0.717, 1.165) is 24.4 Å². The molecule has 1 aromatic carbocycles. The van der Waals surface area contributed by atoms with Gasteiger partial charge in [0, 0.05) is 37.9 Å². The van der Waals surface area contributed by atoms with E-state index in [1.165, 1.54) is 0 Å². The van der Waals surface area contributed by atoms with Gasteiger partial charge in [-0.05, 0) is 25.0 Å². The average molecular weight is 453 g/mol. The number of nitrogens with zero attached hydrogens (tertiary/aromatic N) is 4. The Labute approximate surface area is 187 Å². The van der Waals surface area contributed by atoms with Crippen LogP contribution in [0.15, 0.2) is 35.1 Å². The highest BCUT2D eigenvalue weighted by atomic mass is 35.5. The van der Waals surface area contributed by atoms with Gasteiger partial charge in [0.15, 0.2) is 5.82 Å². The van der Waals surface area contributed by atoms with Crippen LogP contribution in [0, 0.1) is 0 Å². The van der Waals surface area contributed by atoms with Crippen molar-refractivity contribution < 1.29 is 4.74 Å². The first-order valence-corrected chi connectivity index (χ1v) is 9.35. The van der Waals surface area contributed by atoms with Crippen LogP contribution in [0.3, 0.4) is 0 Å². The van der Waals surface area contributed by atoms with Crippen molar-refractivity contribution in [2.24, 2.45) is 5.73 Å². The Morgan fingerprint density at radius 1 is 1.20 bits per heavy atom. The van der Waals surface area contributed by atoms with Gasteiger partial charge in [-0.3, -0.25) is 4.79 Å². The number of para-hydroxylation sites is 1. The Morgan fingerprint density at radius 2 is 1.93 bits per heavy atom. The number of aromatic amines is 1. The summed E-state index contributed by atoms with van der Waals surface area (Å²) in [5, 5.41) is 0.585. The minimum Gasteiger partial charge on any atom is -0.377 e. The SMILES string of the molecule is COCc1nc(C2CC(N)C2)cc(N(C)Cc2nc3ccccc3c(=O)[nH]2)n1.Cl.Cl. The number of H-pyrrole nitrogens is 1. The fraction of sp³-hybridized carbons (Fsp3) is 0.400. The van der Waals surface area contributed by atoms with Gasteiger partial charge in [-0.1, -0.05) is 12.1 Å². The fourth-order valence-corrected chi connectivity index (χ4v) is 3.52. The topological polar surface area (TPSA) is 110 Å². The lowest BCUT2D eigenvalue weighted by molar-refractivity contribution is 0.177. The van der Waals surface area contributed by atoms with Crippen LogP contribution in [0.2, 0.25) is 0 Å². The van der Waals surface area contributed by atoms with Crippen molar-refractivity contribution in [3.05, 3.63) is 58.0 Å². The number of benzene rings is 1. The molecule has 0 aliphatic heterocycles. The van der Waals surface area contributed by atoms with Crippen LogP contribution in [0.5, 0.6) is 0 Å². The largest absolute Gasteiger partial charge is 0.377 e. The van der Waals surface area contributed by atoms with E-state index in [1.807, 2.05) is 36.2 Å². The van der Waals surface area contributed by atoms with Gasteiger partial charge in [-0.25, -0.2) is 15.0 Å². The third-order valence-corrected chi connectivity index (χ3v) is 5.08. The van der Waals surface area contributed by atoms with Crippen molar-refractivity contribution in [3.8, 4) is 0 Å². The van der Waals surface area contributed by atoms with E-state index in [-0.39, 0.29) is 36.4 Å². The second-order valence-corrected chi connectivity index (χ2v) is 7.31. The molecule has 162 valence electrons. The number of methoxy groups -OCH3 is 1. The Morgan fingerprint density at radius 3 is 2.63 bits per heavy atom. The lowest BCUT2D eigenvalue weighted by Gasteiger charge is -2.32. The summed E-state index contributed by atoms with van der Waals surface area (Å²) in [5.41, 5.74) is 7.48. The van der Waals surface area contributed by atoms with Crippen LogP contribution >= 0.6 is 24.8 Å². The lowest BCUT2D eigenvalue weighted by Crippen LogP contribution is -2.35. The molecule has 1 fully saturated rings. The van der Waals surface area contributed by atoms with Gasteiger partial charge in [0.2, 0.25) is 0 Å². The number of hydrogen-bond acceptors (Lipinski definition) is 7. The van der Waals surface area contributed by atoms with Gasteiger partial charge in [-0.15, -0.1) is 24.8 Å². The molecule has 3 N–H and O–H groups in total. The molecule has 0 atom stereocenters. The van der Waals surface area contributed by atoms with Crippen molar-refractivity contribution in [2.75, 3.05) is 19.1 Å². The average Bonchev–Trinajstić information content (AvgIpc) is 2.65. The minimum atomic E-state index is -0.138. The predicted molar refractivity (Wildman–Crippen MR) is 122 cm³/mol. The molecule has 10 heteroatoms. The Balaban J connectivity index is 0.00000160. The minimum absolute atomic E-state index is 0. The second-order valence-electron chi connectivity index (χ2n) is 7.31. The number of aromatic nitrogens is 4. The molecule has 0 bridgehead atoms. The van der Waals surface area contributed by atoms with Gasteiger partial charge in [-0.2, -0.15) is 0 Å². The van der Waals surface area contributed by atoms with E-state index in [0.29, 0.717) is 41.6 Å². The number of hydrogen-bond donors (Lipinski definition) is 2. The number of rotatable bonds is 6. The lowest BCUT2D eigenvalue weighted by atomic mass is 9.78. The summed E-state index contributed by atoms with van der Waals surface area (Å²) in [4.78, 5) is 30.9. The Kier molecular flexibility index (Phi) is 8.14. The van der Waals surface area contributed by atoms with E-state index >= 15 is 0 Å². The van der Waals surface area contributed by atoms with E-state index in [9.17, 15) is 4.79 Å². The molecule has 30 heavy (non-hydrogen) atoms. The Hall–Kier alpha value is -2.26. The van der Waals surface area contributed by atoms with Crippen molar-refractivity contribution in [1.82, 2.24) is 19.9 Å². The molecule has 2 heterocycles. The van der Waals surface area contributed by atoms with Crippen LogP contribution < -0.4 is 16.2 Å². The normalized spacial score (nSPS) is 17.6. The van der Waals surface area contributed by atoms with Gasteiger partial charge in [0.25, 0.3) is 5.56 Å². The zero-order valence-electron chi connectivity index (χ0n) is 16.9. The maximum atomic E-state index is 12.3. The Bertz CT molecular complexity index is 1050. The number of fused-ring (bicyclic) bond motifs is 1. The number of nitrogens with two attached hydrogens (primary N) is 1. The van der Waals surface area contributed by atoms with Crippen LogP contribution in [-0.4, -0.2) is 40.1 Å². The highest BCUT2D eigenvalue weighted by Gasteiger charge is 2.29. The summed E-state index contributed by atoms with van der Waals surface area (Å²) >= 11 is 0. The molecule has 1 saturated carbocycles. The molecule has 1 aliphatic carbocycles. The maximum Gasteiger partial charge on any atom is 0.258 e. The molecule has 0 radical (unpaired) electrons. The quantitative estimate of drug-likeness (QED) is 0.590. The molecule has 3 aromatic rings. The highest BCUT2D eigenvalue weighted by molar-refractivity contribution is 5.85. The third-order valence-electron chi connectivity index (χ3n) is 5.08. The fourth-order valence-electron chi connectivity index (χ4n) is 3.52. The second kappa shape index (κ2) is 10.2. The summed E-state index contributed by atoms with van der Waals surface area (Å²) in [6, 6.07) is 9.56. The molecule has 4 rings (SSSR count). The summed E-state index contributed by atoms with van der Waals surface area (Å²) in [7, 11) is 3.55. The monoisotopic (exact) mass is 452 g/mol. The maximum absolute atomic E-state index is 12.3. The first-order valence-electron chi connectivity index (χ1n) is 9.35. The van der Waals surface area contributed by atoms with Crippen LogP contribution in [-0.2, 0) is 17.9 Å². The van der Waals surface area contributed by atoms with Crippen molar-refractivity contribution in [3.63, 3.8) is 0 Å². The zero-order chi connectivity index (χ0) is 19.7. The third kappa shape index (κ3) is 5.07. The number of halogens is 2. The molecule has 0 amide bonds. The van der Waals surface area contributed by atoms with E-state index in [2.05, 4.69) is 19.9 Å². The molecule has 2 aromatic heterocycles. The van der Waals surface area contributed by atoms with Gasteiger partial charge < -0.3 is 20.4 Å². The number of nitrogens with one attached hydrogen (secondary N) is 1. The molecule has 0 spiro atoms. The molecule has 0 saturated heterocycles. The number of ether oxygens (including phenoxy) is 1. The van der Waals surface area contributed by atoms with Crippen LogP contribution in [0.25, 0.3) is 10.9 Å². The summed E-state index contributed by atoms with van der Waals surface area (Å²) in [5.74, 6) is 2.36. The van der Waals surface area contributed by atoms with E-state index < -0.39 is 0 Å². The zero-order valence-corrected chi connectivity index (χ0v) is 18.5. The molecular weight excluding hydrogens is 427 g/mol. The van der Waals surface area contributed by atoms with E-state index in [1.54, 1.807) is 13.2 Å². The van der Waals surface area contributed by atoms with Gasteiger partial charge >= 0.3 is 0 Å². The molecular formula is C20H26Cl2N6O2. The van der Waals surface area contributed by atoms with Crippen molar-refractivity contribution in [2.45, 2.75) is 38.0 Å². The number of anilines is 1.